The van der Waals surface area contributed by atoms with Crippen LogP contribution in [-0.2, 0) is 0 Å². The van der Waals surface area contributed by atoms with Crippen LogP contribution >= 0.6 is 0 Å². The van der Waals surface area contributed by atoms with Gasteiger partial charge in [-0.1, -0.05) is 30.3 Å². The van der Waals surface area contributed by atoms with Gasteiger partial charge in [-0.15, -0.1) is 0 Å². The number of pyridine rings is 1. The zero-order valence-electron chi connectivity index (χ0n) is 12.1. The van der Waals surface area contributed by atoms with Gasteiger partial charge >= 0.3 is 0 Å². The van der Waals surface area contributed by atoms with Crippen LogP contribution in [0.25, 0.3) is 0 Å². The van der Waals surface area contributed by atoms with E-state index in [1.54, 1.807) is 0 Å². The molecule has 0 aliphatic carbocycles. The molecule has 0 bridgehead atoms. The molecule has 0 spiro atoms. The molecular formula is C16H18FN3O. The number of carbonyl (C=O) groups excluding carboxylic acids is 1. The first-order chi connectivity index (χ1) is 10.1. The summed E-state index contributed by atoms with van der Waals surface area (Å²) >= 11 is 0. The van der Waals surface area contributed by atoms with Gasteiger partial charge in [-0.3, -0.25) is 9.78 Å². The Labute approximate surface area is 123 Å². The molecule has 1 unspecified atom stereocenters. The molecule has 0 aliphatic rings. The predicted octanol–water partition coefficient (Wildman–Crippen LogP) is 2.25. The quantitative estimate of drug-likeness (QED) is 0.917. The molecule has 1 N–H and O–H groups in total. The van der Waals surface area contributed by atoms with Crippen LogP contribution < -0.4 is 5.32 Å². The van der Waals surface area contributed by atoms with E-state index in [-0.39, 0.29) is 11.6 Å². The first kappa shape index (κ1) is 15.1. The highest BCUT2D eigenvalue weighted by Gasteiger charge is 2.17. The molecule has 0 saturated carbocycles. The summed E-state index contributed by atoms with van der Waals surface area (Å²) in [5, 5.41) is 2.77. The fourth-order valence-electron chi connectivity index (χ4n) is 2.12. The van der Waals surface area contributed by atoms with Gasteiger partial charge in [0.05, 0.1) is 17.8 Å². The molecule has 4 nitrogen and oxygen atoms in total. The molecule has 1 aromatic carbocycles. The van der Waals surface area contributed by atoms with Gasteiger partial charge in [0.2, 0.25) is 0 Å². The Morgan fingerprint density at radius 1 is 1.29 bits per heavy atom. The molecule has 5 heteroatoms. The Morgan fingerprint density at radius 2 is 2.00 bits per heavy atom. The number of hydrogen-bond donors (Lipinski definition) is 1. The number of amides is 1. The van der Waals surface area contributed by atoms with Gasteiger partial charge in [-0.2, -0.15) is 0 Å². The molecule has 2 rings (SSSR count). The minimum atomic E-state index is -0.615. The molecule has 1 amide bonds. The van der Waals surface area contributed by atoms with Crippen molar-refractivity contribution in [2.45, 2.75) is 6.04 Å². The van der Waals surface area contributed by atoms with E-state index in [1.807, 2.05) is 49.3 Å². The smallest absolute Gasteiger partial charge is 0.254 e. The van der Waals surface area contributed by atoms with E-state index in [2.05, 4.69) is 10.3 Å². The molecular weight excluding hydrogens is 269 g/mol. The van der Waals surface area contributed by atoms with Crippen LogP contribution in [0.2, 0.25) is 0 Å². The zero-order chi connectivity index (χ0) is 15.2. The SMILES string of the molecule is CN(C)C(CNC(=O)c1ccncc1F)c1ccccc1. The number of halogens is 1. The lowest BCUT2D eigenvalue weighted by atomic mass is 10.1. The van der Waals surface area contributed by atoms with E-state index in [9.17, 15) is 9.18 Å². The van der Waals surface area contributed by atoms with E-state index < -0.39 is 11.7 Å². The Bertz CT molecular complexity index is 601. The Kier molecular flexibility index (Phi) is 5.00. The number of hydrogen-bond acceptors (Lipinski definition) is 3. The molecule has 21 heavy (non-hydrogen) atoms. The lowest BCUT2D eigenvalue weighted by Gasteiger charge is -2.25. The number of nitrogens with zero attached hydrogens (tertiary/aromatic N) is 2. The molecule has 110 valence electrons. The van der Waals surface area contributed by atoms with Gasteiger partial charge in [0.15, 0.2) is 5.82 Å². The Morgan fingerprint density at radius 3 is 2.62 bits per heavy atom. The summed E-state index contributed by atoms with van der Waals surface area (Å²) < 4.78 is 13.5. The number of aromatic nitrogens is 1. The van der Waals surface area contributed by atoms with Crippen LogP contribution in [0.1, 0.15) is 22.0 Å². The normalized spacial score (nSPS) is 12.2. The zero-order valence-corrected chi connectivity index (χ0v) is 12.1. The van der Waals surface area contributed by atoms with Gasteiger partial charge in [0.1, 0.15) is 0 Å². The number of benzene rings is 1. The third kappa shape index (κ3) is 3.86. The van der Waals surface area contributed by atoms with Crippen molar-refractivity contribution in [2.75, 3.05) is 20.6 Å². The lowest BCUT2D eigenvalue weighted by Crippen LogP contribution is -2.34. The maximum Gasteiger partial charge on any atom is 0.254 e. The standard InChI is InChI=1S/C16H18FN3O/c1-20(2)15(12-6-4-3-5-7-12)11-19-16(21)13-8-9-18-10-14(13)17/h3-10,15H,11H2,1-2H3,(H,19,21). The second kappa shape index (κ2) is 6.95. The third-order valence-electron chi connectivity index (χ3n) is 3.28. The van der Waals surface area contributed by atoms with Crippen LogP contribution in [0, 0.1) is 5.82 Å². The highest BCUT2D eigenvalue weighted by molar-refractivity contribution is 5.94. The lowest BCUT2D eigenvalue weighted by molar-refractivity contribution is 0.0937. The van der Waals surface area contributed by atoms with Gasteiger partial charge in [-0.25, -0.2) is 4.39 Å². The van der Waals surface area contributed by atoms with Crippen molar-refractivity contribution in [3.05, 3.63) is 65.7 Å². The predicted molar refractivity (Wildman–Crippen MR) is 79.4 cm³/mol. The van der Waals surface area contributed by atoms with Gasteiger partial charge < -0.3 is 10.2 Å². The highest BCUT2D eigenvalue weighted by Crippen LogP contribution is 2.17. The van der Waals surface area contributed by atoms with Crippen molar-refractivity contribution in [3.8, 4) is 0 Å². The average Bonchev–Trinajstić information content (AvgIpc) is 2.48. The Hall–Kier alpha value is -2.27. The van der Waals surface area contributed by atoms with E-state index in [1.165, 1.54) is 12.3 Å². The molecule has 0 aliphatic heterocycles. The molecule has 0 fully saturated rings. The van der Waals surface area contributed by atoms with Crippen molar-refractivity contribution >= 4 is 5.91 Å². The average molecular weight is 287 g/mol. The summed E-state index contributed by atoms with van der Waals surface area (Å²) in [6, 6.07) is 11.3. The maximum absolute atomic E-state index is 13.5. The second-order valence-electron chi connectivity index (χ2n) is 4.96. The fourth-order valence-corrected chi connectivity index (χ4v) is 2.12. The fraction of sp³-hybridized carbons (Fsp3) is 0.250. The summed E-state index contributed by atoms with van der Waals surface area (Å²) in [6.45, 7) is 0.400. The summed E-state index contributed by atoms with van der Waals surface area (Å²) in [7, 11) is 3.88. The molecule has 0 saturated heterocycles. The minimum absolute atomic E-state index is 0.00979. The molecule has 1 aromatic heterocycles. The summed E-state index contributed by atoms with van der Waals surface area (Å²) in [6.07, 6.45) is 2.44. The number of likely N-dealkylation sites (N-methyl/N-ethyl adjacent to an activating group) is 1. The Balaban J connectivity index is 2.06. The topological polar surface area (TPSA) is 45.2 Å². The van der Waals surface area contributed by atoms with Gasteiger partial charge in [-0.05, 0) is 25.7 Å². The van der Waals surface area contributed by atoms with Crippen LogP contribution in [0.3, 0.4) is 0 Å². The summed E-state index contributed by atoms with van der Waals surface area (Å²) in [5.74, 6) is -1.05. The van der Waals surface area contributed by atoms with Crippen molar-refractivity contribution < 1.29 is 9.18 Å². The molecule has 1 heterocycles. The highest BCUT2D eigenvalue weighted by atomic mass is 19.1. The minimum Gasteiger partial charge on any atom is -0.350 e. The first-order valence-corrected chi connectivity index (χ1v) is 6.68. The largest absolute Gasteiger partial charge is 0.350 e. The summed E-state index contributed by atoms with van der Waals surface area (Å²) in [4.78, 5) is 17.7. The van der Waals surface area contributed by atoms with Crippen LogP contribution in [0.5, 0.6) is 0 Å². The van der Waals surface area contributed by atoms with E-state index in [0.717, 1.165) is 11.8 Å². The van der Waals surface area contributed by atoms with Crippen molar-refractivity contribution in [3.63, 3.8) is 0 Å². The van der Waals surface area contributed by atoms with Gasteiger partial charge in [0.25, 0.3) is 5.91 Å². The maximum atomic E-state index is 13.5. The summed E-state index contributed by atoms with van der Waals surface area (Å²) in [5.41, 5.74) is 1.11. The molecule has 2 aromatic rings. The van der Waals surface area contributed by atoms with Crippen LogP contribution in [-0.4, -0.2) is 36.4 Å². The van der Waals surface area contributed by atoms with Crippen LogP contribution in [0.4, 0.5) is 4.39 Å². The second-order valence-corrected chi connectivity index (χ2v) is 4.96. The van der Waals surface area contributed by atoms with E-state index >= 15 is 0 Å². The third-order valence-corrected chi connectivity index (χ3v) is 3.28. The van der Waals surface area contributed by atoms with E-state index in [0.29, 0.717) is 6.54 Å². The van der Waals surface area contributed by atoms with Crippen molar-refractivity contribution in [1.82, 2.24) is 15.2 Å². The molecule has 1 atom stereocenters. The molecule has 0 radical (unpaired) electrons. The van der Waals surface area contributed by atoms with Crippen molar-refractivity contribution in [1.29, 1.82) is 0 Å². The first-order valence-electron chi connectivity index (χ1n) is 6.68. The monoisotopic (exact) mass is 287 g/mol. The van der Waals surface area contributed by atoms with Crippen LogP contribution in [0.15, 0.2) is 48.8 Å². The van der Waals surface area contributed by atoms with Crippen molar-refractivity contribution in [2.24, 2.45) is 0 Å². The van der Waals surface area contributed by atoms with E-state index in [4.69, 9.17) is 0 Å². The van der Waals surface area contributed by atoms with Gasteiger partial charge in [0, 0.05) is 12.7 Å². The number of carbonyl (C=O) groups is 1. The number of rotatable bonds is 5. The number of nitrogens with one attached hydrogen (secondary N) is 1.